The summed E-state index contributed by atoms with van der Waals surface area (Å²) in [5.74, 6) is -29.2. The summed E-state index contributed by atoms with van der Waals surface area (Å²) in [7, 11) is -0.806. The van der Waals surface area contributed by atoms with Crippen molar-refractivity contribution in [1.29, 1.82) is 0 Å². The Kier molecular flexibility index (Phi) is 3.14. The standard InChI is InChI=1S/C7H3F12N/c1-20-6(16,17)4(12,13)2(8,9)3(10,11)5(14,15)7(20,18)19/h1H3. The van der Waals surface area contributed by atoms with E-state index in [2.05, 4.69) is 0 Å². The molecule has 1 heterocycles. The highest BCUT2D eigenvalue weighted by Gasteiger charge is 2.96. The van der Waals surface area contributed by atoms with Crippen LogP contribution >= 0.6 is 0 Å². The van der Waals surface area contributed by atoms with Crippen LogP contribution in [0.5, 0.6) is 0 Å². The fraction of sp³-hybridized carbons (Fsp3) is 1.00. The van der Waals surface area contributed by atoms with Gasteiger partial charge in [-0.15, -0.1) is 0 Å². The average Bonchev–Trinajstić information content (AvgIpc) is 2.25. The lowest BCUT2D eigenvalue weighted by atomic mass is 9.99. The fourth-order valence-electron chi connectivity index (χ4n) is 1.37. The van der Waals surface area contributed by atoms with Gasteiger partial charge in [0.15, 0.2) is 0 Å². The van der Waals surface area contributed by atoms with Crippen molar-refractivity contribution < 1.29 is 52.7 Å². The van der Waals surface area contributed by atoms with E-state index in [4.69, 9.17) is 0 Å². The highest BCUT2D eigenvalue weighted by molar-refractivity contribution is 5.15. The van der Waals surface area contributed by atoms with Crippen LogP contribution in [0.25, 0.3) is 0 Å². The van der Waals surface area contributed by atoms with E-state index in [9.17, 15) is 52.7 Å². The molecule has 0 radical (unpaired) electrons. The van der Waals surface area contributed by atoms with Gasteiger partial charge in [0.1, 0.15) is 0 Å². The van der Waals surface area contributed by atoms with Gasteiger partial charge in [-0.05, 0) is 7.05 Å². The molecule has 120 valence electrons. The molecule has 0 aromatic carbocycles. The molecule has 1 aliphatic rings. The van der Waals surface area contributed by atoms with Crippen molar-refractivity contribution in [2.45, 2.75) is 35.8 Å². The number of rotatable bonds is 0. The lowest BCUT2D eigenvalue weighted by Gasteiger charge is -2.36. The predicted octanol–water partition coefficient (Wildman–Crippen LogP) is 3.66. The number of likely N-dealkylation sites (tertiary alicyclic amines) is 1. The molecule has 0 unspecified atom stereocenters. The molecule has 0 bridgehead atoms. The van der Waals surface area contributed by atoms with Crippen molar-refractivity contribution in [1.82, 2.24) is 4.90 Å². The van der Waals surface area contributed by atoms with Crippen LogP contribution in [0, 0.1) is 0 Å². The molecule has 13 heteroatoms. The van der Waals surface area contributed by atoms with E-state index in [0.717, 1.165) is 0 Å². The molecule has 0 atom stereocenters. The summed E-state index contributed by atoms with van der Waals surface area (Å²) in [6.45, 7) is 0. The van der Waals surface area contributed by atoms with Crippen molar-refractivity contribution in [3.63, 3.8) is 0 Å². The first-order valence-electron chi connectivity index (χ1n) is 4.41. The number of alkyl halides is 12. The SMILES string of the molecule is CN1C(F)(F)C(F)(F)C(F)(F)C(F)(F)C(F)(F)C1(F)F. The third-order valence-electron chi connectivity index (χ3n) is 2.78. The van der Waals surface area contributed by atoms with Crippen molar-refractivity contribution >= 4 is 0 Å². The van der Waals surface area contributed by atoms with Crippen LogP contribution in [-0.4, -0.2) is 47.7 Å². The lowest BCUT2D eigenvalue weighted by molar-refractivity contribution is -0.397. The molecule has 0 spiro atoms. The van der Waals surface area contributed by atoms with Crippen molar-refractivity contribution in [2.24, 2.45) is 0 Å². The number of nitrogens with zero attached hydrogens (tertiary/aromatic N) is 1. The molecule has 1 rings (SSSR count). The second kappa shape index (κ2) is 3.65. The highest BCUT2D eigenvalue weighted by atomic mass is 19.4. The topological polar surface area (TPSA) is 3.24 Å². The van der Waals surface area contributed by atoms with Crippen LogP contribution in [0.1, 0.15) is 0 Å². The van der Waals surface area contributed by atoms with Gasteiger partial charge in [0.25, 0.3) is 0 Å². The molecule has 1 saturated heterocycles. The minimum absolute atomic E-state index is 0.806. The van der Waals surface area contributed by atoms with Gasteiger partial charge < -0.3 is 0 Å². The molecule has 0 amide bonds. The summed E-state index contributed by atoms with van der Waals surface area (Å²) in [4.78, 5) is -2.49. The largest absolute Gasteiger partial charge is 0.393 e. The van der Waals surface area contributed by atoms with E-state index in [1.165, 1.54) is 0 Å². The molecule has 0 N–H and O–H groups in total. The quantitative estimate of drug-likeness (QED) is 0.484. The Morgan fingerprint density at radius 2 is 0.650 bits per heavy atom. The van der Waals surface area contributed by atoms with Gasteiger partial charge in [-0.3, -0.25) is 0 Å². The van der Waals surface area contributed by atoms with Crippen LogP contribution in [0.3, 0.4) is 0 Å². The summed E-state index contributed by atoms with van der Waals surface area (Å²) >= 11 is 0. The minimum atomic E-state index is -7.43. The van der Waals surface area contributed by atoms with Gasteiger partial charge in [0.2, 0.25) is 0 Å². The monoisotopic (exact) mass is 329 g/mol. The lowest BCUT2D eigenvalue weighted by Crippen LogP contribution is -2.66. The van der Waals surface area contributed by atoms with Crippen molar-refractivity contribution in [3.05, 3.63) is 0 Å². The molecule has 0 aliphatic carbocycles. The van der Waals surface area contributed by atoms with Crippen LogP contribution < -0.4 is 0 Å². The summed E-state index contributed by atoms with van der Waals surface area (Å²) in [6, 6.07) is -13.3. The Hall–Kier alpha value is -0.880. The second-order valence-electron chi connectivity index (χ2n) is 3.94. The van der Waals surface area contributed by atoms with Crippen LogP contribution in [0.2, 0.25) is 0 Å². The fourth-order valence-corrected chi connectivity index (χ4v) is 1.37. The van der Waals surface area contributed by atoms with Gasteiger partial charge in [0, 0.05) is 0 Å². The molecule has 1 nitrogen and oxygen atoms in total. The Morgan fingerprint density at radius 3 is 0.850 bits per heavy atom. The van der Waals surface area contributed by atoms with Crippen LogP contribution in [0.4, 0.5) is 52.7 Å². The first kappa shape index (κ1) is 17.2. The molecule has 1 fully saturated rings. The summed E-state index contributed by atoms with van der Waals surface area (Å²) in [6.07, 6.45) is 0. The number of hydrogen-bond acceptors (Lipinski definition) is 1. The van der Waals surface area contributed by atoms with E-state index in [-0.39, 0.29) is 0 Å². The van der Waals surface area contributed by atoms with Crippen LogP contribution in [0.15, 0.2) is 0 Å². The molecule has 0 aromatic heterocycles. The predicted molar refractivity (Wildman–Crippen MR) is 37.4 cm³/mol. The van der Waals surface area contributed by atoms with E-state index in [1.54, 1.807) is 0 Å². The molecule has 0 saturated carbocycles. The zero-order chi connectivity index (χ0) is 16.6. The third kappa shape index (κ3) is 1.41. The number of hydrogen-bond donors (Lipinski definition) is 0. The van der Waals surface area contributed by atoms with Crippen molar-refractivity contribution in [3.8, 4) is 0 Å². The molecule has 0 aromatic rings. The smallest absolute Gasteiger partial charge is 0.192 e. The van der Waals surface area contributed by atoms with Crippen molar-refractivity contribution in [2.75, 3.05) is 7.05 Å². The van der Waals surface area contributed by atoms with E-state index in [0.29, 0.717) is 0 Å². The Labute approximate surface area is 102 Å². The third-order valence-corrected chi connectivity index (χ3v) is 2.78. The first-order valence-corrected chi connectivity index (χ1v) is 4.41. The molecular weight excluding hydrogens is 326 g/mol. The molecular formula is C7H3F12N. The number of halogens is 12. The summed E-state index contributed by atoms with van der Waals surface area (Å²) < 4.78 is 153. The first-order chi connectivity index (χ1) is 8.40. The Bertz CT molecular complexity index is 374. The summed E-state index contributed by atoms with van der Waals surface area (Å²) in [5.41, 5.74) is 0. The van der Waals surface area contributed by atoms with E-state index >= 15 is 0 Å². The Balaban J connectivity index is 3.83. The van der Waals surface area contributed by atoms with E-state index in [1.807, 2.05) is 0 Å². The van der Waals surface area contributed by atoms with Gasteiger partial charge in [0.05, 0.1) is 0 Å². The van der Waals surface area contributed by atoms with Gasteiger partial charge in [-0.1, -0.05) is 0 Å². The van der Waals surface area contributed by atoms with E-state index < -0.39 is 47.7 Å². The van der Waals surface area contributed by atoms with Gasteiger partial charge >= 0.3 is 35.8 Å². The summed E-state index contributed by atoms with van der Waals surface area (Å²) in [5, 5.41) is 0. The van der Waals surface area contributed by atoms with Crippen LogP contribution in [-0.2, 0) is 0 Å². The zero-order valence-electron chi connectivity index (χ0n) is 8.98. The minimum Gasteiger partial charge on any atom is -0.192 e. The molecule has 1 aliphatic heterocycles. The average molecular weight is 329 g/mol. The zero-order valence-corrected chi connectivity index (χ0v) is 8.98. The maximum absolute atomic E-state index is 12.9. The van der Waals surface area contributed by atoms with Gasteiger partial charge in [-0.2, -0.15) is 57.6 Å². The normalized spacial score (nSPS) is 33.5. The highest BCUT2D eigenvalue weighted by Crippen LogP contribution is 2.64. The maximum atomic E-state index is 12.9. The van der Waals surface area contributed by atoms with Gasteiger partial charge in [-0.25, -0.2) is 0 Å². The molecule has 20 heavy (non-hydrogen) atoms. The maximum Gasteiger partial charge on any atom is 0.393 e. The Morgan fingerprint density at radius 1 is 0.450 bits per heavy atom. The second-order valence-corrected chi connectivity index (χ2v) is 3.94.